The van der Waals surface area contributed by atoms with Gasteiger partial charge < -0.3 is 0 Å². The van der Waals surface area contributed by atoms with Crippen molar-refractivity contribution >= 4 is 15.2 Å². The number of hydrogen-bond acceptors (Lipinski definition) is 0. The molecule has 0 N–H and O–H groups in total. The van der Waals surface area contributed by atoms with Gasteiger partial charge in [0.25, 0.3) is 0 Å². The third-order valence-corrected chi connectivity index (χ3v) is 22.9. The van der Waals surface area contributed by atoms with Crippen LogP contribution in [0.1, 0.15) is 0 Å². The van der Waals surface area contributed by atoms with E-state index in [1.165, 1.54) is 0 Å². The smallest absolute Gasteiger partial charge is 0.0409 e. The van der Waals surface area contributed by atoms with Crippen LogP contribution >= 0.6 is 0 Å². The summed E-state index contributed by atoms with van der Waals surface area (Å²) in [5.74, 6) is 0. The molecule has 0 spiro atoms. The second-order valence-corrected chi connectivity index (χ2v) is 20.9. The third-order valence-electron chi connectivity index (χ3n) is 3.21. The van der Waals surface area contributed by atoms with Crippen LogP contribution in [0, 0.1) is 0 Å². The molecule has 0 aromatic heterocycles. The van der Waals surface area contributed by atoms with Crippen molar-refractivity contribution in [3.05, 3.63) is 0 Å². The van der Waals surface area contributed by atoms with E-state index in [0.717, 1.165) is 0 Å². The van der Waals surface area contributed by atoms with Crippen molar-refractivity contribution in [1.29, 1.82) is 0 Å². The monoisotopic (exact) mass is 144 g/mol. The molecule has 1 fully saturated rings. The zero-order valence-electron chi connectivity index (χ0n) is 6.41. The van der Waals surface area contributed by atoms with Gasteiger partial charge in [-0.1, -0.05) is 38.3 Å². The molecule has 1 rings (SSSR count). The first kappa shape index (κ1) is 6.55. The van der Waals surface area contributed by atoms with Crippen LogP contribution < -0.4 is 0 Å². The highest BCUT2D eigenvalue weighted by Gasteiger charge is 2.48. The Morgan fingerprint density at radius 3 is 1.00 bits per heavy atom. The molecule has 0 amide bonds. The summed E-state index contributed by atoms with van der Waals surface area (Å²) in [4.78, 5) is 0. The Morgan fingerprint density at radius 2 is 1.00 bits per heavy atom. The van der Waals surface area contributed by atoms with Crippen LogP contribution in [0.15, 0.2) is 0 Å². The van der Waals surface area contributed by atoms with Gasteiger partial charge >= 0.3 is 0 Å². The SMILES string of the molecule is C[Si]1(C)CC[Si]1(C)C. The molecule has 0 nitrogen and oxygen atoms in total. The lowest BCUT2D eigenvalue weighted by atomic mass is 10.9. The van der Waals surface area contributed by atoms with Gasteiger partial charge in [0.15, 0.2) is 0 Å². The summed E-state index contributed by atoms with van der Waals surface area (Å²) < 4.78 is 0. The average Bonchev–Trinajstić information content (AvgIpc) is 1.64. The fourth-order valence-electron chi connectivity index (χ4n) is 1.12. The Kier molecular flexibility index (Phi) is 1.21. The first-order valence-electron chi connectivity index (χ1n) is 3.46. The van der Waals surface area contributed by atoms with Crippen LogP contribution in [0.4, 0.5) is 0 Å². The molecular weight excluding hydrogens is 128 g/mol. The topological polar surface area (TPSA) is 0 Å². The van der Waals surface area contributed by atoms with Crippen molar-refractivity contribution in [2.45, 2.75) is 38.3 Å². The van der Waals surface area contributed by atoms with Gasteiger partial charge in [-0.25, -0.2) is 0 Å². The van der Waals surface area contributed by atoms with Crippen LogP contribution in [0.3, 0.4) is 0 Å². The van der Waals surface area contributed by atoms with Gasteiger partial charge in [0.2, 0.25) is 0 Å². The predicted molar refractivity (Wildman–Crippen MR) is 44.6 cm³/mol. The Balaban J connectivity index is 2.63. The molecule has 1 saturated heterocycles. The minimum absolute atomic E-state index is 0.539. The van der Waals surface area contributed by atoms with Gasteiger partial charge in [-0.2, -0.15) is 0 Å². The van der Waals surface area contributed by atoms with E-state index in [9.17, 15) is 0 Å². The summed E-state index contributed by atoms with van der Waals surface area (Å²) in [6.45, 7) is 10.2. The molecule has 48 valence electrons. The molecule has 0 aliphatic carbocycles. The molecule has 0 unspecified atom stereocenters. The van der Waals surface area contributed by atoms with Crippen LogP contribution in [0.25, 0.3) is 0 Å². The maximum absolute atomic E-state index is 2.56. The molecule has 0 radical (unpaired) electrons. The lowest BCUT2D eigenvalue weighted by Gasteiger charge is -2.49. The van der Waals surface area contributed by atoms with Crippen molar-refractivity contribution in [3.8, 4) is 0 Å². The summed E-state index contributed by atoms with van der Waals surface area (Å²) in [5, 5.41) is 0. The fourth-order valence-corrected chi connectivity index (χ4v) is 10.1. The largest absolute Gasteiger partial charge is 0.0713 e. The van der Waals surface area contributed by atoms with Crippen molar-refractivity contribution in [2.24, 2.45) is 0 Å². The molecule has 1 aliphatic heterocycles. The Labute approximate surface area is 54.1 Å². The zero-order chi connectivity index (χ0) is 6.41. The Hall–Kier alpha value is 0.434. The van der Waals surface area contributed by atoms with Gasteiger partial charge in [-0.3, -0.25) is 0 Å². The first-order valence-corrected chi connectivity index (χ1v) is 10.9. The Bertz CT molecular complexity index is 91.1. The molecule has 0 aromatic carbocycles. The zero-order valence-corrected chi connectivity index (χ0v) is 8.41. The van der Waals surface area contributed by atoms with Crippen LogP contribution in [-0.4, -0.2) is 15.2 Å². The summed E-state index contributed by atoms with van der Waals surface area (Å²) in [5.41, 5.74) is 0. The van der Waals surface area contributed by atoms with Crippen LogP contribution in [0.2, 0.25) is 38.3 Å². The second kappa shape index (κ2) is 1.48. The van der Waals surface area contributed by atoms with E-state index in [0.29, 0.717) is 0 Å². The highest BCUT2D eigenvalue weighted by Crippen LogP contribution is 2.39. The molecule has 0 atom stereocenters. The maximum atomic E-state index is 2.56. The normalized spacial score (nSPS) is 31.5. The molecule has 0 saturated carbocycles. The first-order chi connectivity index (χ1) is 3.46. The molecule has 1 heterocycles. The standard InChI is InChI=1S/C6H16Si2/c1-7(2)5-6-8(7,3)4/h5-6H2,1-4H3. The van der Waals surface area contributed by atoms with Crippen molar-refractivity contribution < 1.29 is 0 Å². The van der Waals surface area contributed by atoms with Gasteiger partial charge in [-0.05, 0) is 0 Å². The second-order valence-electron chi connectivity index (χ2n) is 4.27. The summed E-state index contributed by atoms with van der Waals surface area (Å²) in [7, 11) is -1.08. The molecule has 0 bridgehead atoms. The van der Waals surface area contributed by atoms with Crippen LogP contribution in [-0.2, 0) is 0 Å². The minimum Gasteiger partial charge on any atom is -0.0713 e. The van der Waals surface area contributed by atoms with Gasteiger partial charge in [0, 0.05) is 15.2 Å². The van der Waals surface area contributed by atoms with E-state index in [-0.39, 0.29) is 0 Å². The van der Waals surface area contributed by atoms with Gasteiger partial charge in [0.1, 0.15) is 0 Å². The minimum atomic E-state index is -0.539. The summed E-state index contributed by atoms with van der Waals surface area (Å²) in [6, 6.07) is 3.23. The molecule has 1 aliphatic rings. The van der Waals surface area contributed by atoms with E-state index in [1.54, 1.807) is 12.1 Å². The summed E-state index contributed by atoms with van der Waals surface area (Å²) >= 11 is 0. The van der Waals surface area contributed by atoms with Crippen molar-refractivity contribution in [1.82, 2.24) is 0 Å². The van der Waals surface area contributed by atoms with E-state index in [4.69, 9.17) is 0 Å². The van der Waals surface area contributed by atoms with E-state index >= 15 is 0 Å². The molecular formula is C6H16Si2. The molecule has 8 heavy (non-hydrogen) atoms. The van der Waals surface area contributed by atoms with Crippen LogP contribution in [0.5, 0.6) is 0 Å². The molecule has 0 aromatic rings. The van der Waals surface area contributed by atoms with Crippen molar-refractivity contribution in [2.75, 3.05) is 0 Å². The lowest BCUT2D eigenvalue weighted by Crippen LogP contribution is -2.63. The summed E-state index contributed by atoms with van der Waals surface area (Å²) in [6.07, 6.45) is 0. The van der Waals surface area contributed by atoms with Crippen molar-refractivity contribution in [3.63, 3.8) is 0 Å². The van der Waals surface area contributed by atoms with E-state index in [2.05, 4.69) is 26.2 Å². The average molecular weight is 144 g/mol. The maximum Gasteiger partial charge on any atom is 0.0409 e. The van der Waals surface area contributed by atoms with Gasteiger partial charge in [0.05, 0.1) is 0 Å². The quantitative estimate of drug-likeness (QED) is 0.458. The van der Waals surface area contributed by atoms with Gasteiger partial charge in [-0.15, -0.1) is 0 Å². The van der Waals surface area contributed by atoms with E-state index < -0.39 is 15.2 Å². The number of hydrogen-bond donors (Lipinski definition) is 0. The highest BCUT2D eigenvalue weighted by molar-refractivity contribution is 7.44. The highest BCUT2D eigenvalue weighted by atomic mass is 29.3. The molecule has 2 heteroatoms. The van der Waals surface area contributed by atoms with E-state index in [1.807, 2.05) is 0 Å². The third kappa shape index (κ3) is 0.703. The Morgan fingerprint density at radius 1 is 0.750 bits per heavy atom. The fraction of sp³-hybridized carbons (Fsp3) is 1.00. The number of rotatable bonds is 0. The lowest BCUT2D eigenvalue weighted by molar-refractivity contribution is 1.23. The predicted octanol–water partition coefficient (Wildman–Crippen LogP) is 2.50.